The SMILES string of the molecule is N#Cc1cccc(C#N)c1NCCCCOc1ccc(F)cc1. The molecule has 0 bridgehead atoms. The highest BCUT2D eigenvalue weighted by Crippen LogP contribution is 2.20. The number of ether oxygens (including phenoxy) is 1. The van der Waals surface area contributed by atoms with Crippen molar-refractivity contribution in [2.45, 2.75) is 12.8 Å². The van der Waals surface area contributed by atoms with Gasteiger partial charge in [-0.1, -0.05) is 6.07 Å². The molecule has 0 fully saturated rings. The molecule has 116 valence electrons. The molecule has 0 heterocycles. The first-order valence-corrected chi connectivity index (χ1v) is 7.30. The lowest BCUT2D eigenvalue weighted by atomic mass is 10.1. The van der Waals surface area contributed by atoms with Crippen molar-refractivity contribution in [3.05, 3.63) is 59.4 Å². The predicted molar refractivity (Wildman–Crippen MR) is 85.5 cm³/mol. The van der Waals surface area contributed by atoms with Gasteiger partial charge in [-0.15, -0.1) is 0 Å². The van der Waals surface area contributed by atoms with Crippen molar-refractivity contribution in [2.24, 2.45) is 0 Å². The van der Waals surface area contributed by atoms with Crippen molar-refractivity contribution in [1.82, 2.24) is 0 Å². The van der Waals surface area contributed by atoms with Crippen LogP contribution in [-0.4, -0.2) is 13.2 Å². The van der Waals surface area contributed by atoms with Gasteiger partial charge in [-0.05, 0) is 49.2 Å². The fraction of sp³-hybridized carbons (Fsp3) is 0.222. The minimum Gasteiger partial charge on any atom is -0.494 e. The van der Waals surface area contributed by atoms with Crippen LogP contribution in [0.3, 0.4) is 0 Å². The third-order valence-corrected chi connectivity index (χ3v) is 3.26. The van der Waals surface area contributed by atoms with Gasteiger partial charge in [0.2, 0.25) is 0 Å². The van der Waals surface area contributed by atoms with E-state index in [0.717, 1.165) is 12.8 Å². The summed E-state index contributed by atoms with van der Waals surface area (Å²) >= 11 is 0. The Labute approximate surface area is 134 Å². The zero-order valence-corrected chi connectivity index (χ0v) is 12.6. The van der Waals surface area contributed by atoms with E-state index in [1.165, 1.54) is 12.1 Å². The van der Waals surface area contributed by atoms with Gasteiger partial charge in [0.25, 0.3) is 0 Å². The first-order chi connectivity index (χ1) is 11.2. The lowest BCUT2D eigenvalue weighted by Crippen LogP contribution is -2.07. The lowest BCUT2D eigenvalue weighted by Gasteiger charge is -2.10. The highest BCUT2D eigenvalue weighted by atomic mass is 19.1. The third kappa shape index (κ3) is 4.72. The summed E-state index contributed by atoms with van der Waals surface area (Å²) in [5.41, 5.74) is 1.51. The van der Waals surface area contributed by atoms with Gasteiger partial charge < -0.3 is 10.1 Å². The number of hydrogen-bond donors (Lipinski definition) is 1. The monoisotopic (exact) mass is 309 g/mol. The van der Waals surface area contributed by atoms with E-state index in [1.54, 1.807) is 30.3 Å². The first kappa shape index (κ1) is 16.3. The molecule has 0 aliphatic heterocycles. The molecule has 0 aliphatic carbocycles. The van der Waals surface area contributed by atoms with E-state index in [2.05, 4.69) is 17.5 Å². The van der Waals surface area contributed by atoms with E-state index in [1.807, 2.05) is 0 Å². The molecule has 0 saturated heterocycles. The molecule has 0 unspecified atom stereocenters. The van der Waals surface area contributed by atoms with Gasteiger partial charge in [0.15, 0.2) is 0 Å². The number of hydrogen-bond acceptors (Lipinski definition) is 4. The van der Waals surface area contributed by atoms with E-state index in [9.17, 15) is 4.39 Å². The fourth-order valence-electron chi connectivity index (χ4n) is 2.09. The van der Waals surface area contributed by atoms with Gasteiger partial charge in [-0.25, -0.2) is 4.39 Å². The second-order valence-corrected chi connectivity index (χ2v) is 4.89. The average molecular weight is 309 g/mol. The molecule has 2 aromatic carbocycles. The zero-order chi connectivity index (χ0) is 16.5. The van der Waals surface area contributed by atoms with Gasteiger partial charge >= 0.3 is 0 Å². The Morgan fingerprint density at radius 2 is 1.61 bits per heavy atom. The lowest BCUT2D eigenvalue weighted by molar-refractivity contribution is 0.308. The van der Waals surface area contributed by atoms with Crippen LogP contribution in [0.2, 0.25) is 0 Å². The van der Waals surface area contributed by atoms with Crippen LogP contribution in [0.5, 0.6) is 5.75 Å². The fourth-order valence-corrected chi connectivity index (χ4v) is 2.09. The molecule has 0 aromatic heterocycles. The van der Waals surface area contributed by atoms with Crippen molar-refractivity contribution in [3.63, 3.8) is 0 Å². The molecule has 2 rings (SSSR count). The maximum absolute atomic E-state index is 12.8. The van der Waals surface area contributed by atoms with Crippen molar-refractivity contribution in [2.75, 3.05) is 18.5 Å². The number of anilines is 1. The normalized spacial score (nSPS) is 9.70. The van der Waals surface area contributed by atoms with E-state index < -0.39 is 0 Å². The second kappa shape index (κ2) is 8.41. The molecule has 0 spiro atoms. The summed E-state index contributed by atoms with van der Waals surface area (Å²) in [6, 6.07) is 15.1. The molecular weight excluding hydrogens is 293 g/mol. The maximum atomic E-state index is 12.8. The van der Waals surface area contributed by atoms with Crippen LogP contribution in [0, 0.1) is 28.5 Å². The molecule has 4 nitrogen and oxygen atoms in total. The van der Waals surface area contributed by atoms with Gasteiger partial charge in [-0.2, -0.15) is 10.5 Å². The van der Waals surface area contributed by atoms with Crippen molar-refractivity contribution < 1.29 is 9.13 Å². The summed E-state index contributed by atoms with van der Waals surface area (Å²) < 4.78 is 18.3. The zero-order valence-electron chi connectivity index (χ0n) is 12.6. The predicted octanol–water partition coefficient (Wildman–Crippen LogP) is 3.84. The average Bonchev–Trinajstić information content (AvgIpc) is 2.59. The number of unbranched alkanes of at least 4 members (excludes halogenated alkanes) is 1. The Hall–Kier alpha value is -3.05. The molecular formula is C18H16FN3O. The molecule has 0 atom stereocenters. The summed E-state index contributed by atoms with van der Waals surface area (Å²) in [5.74, 6) is 0.354. The highest BCUT2D eigenvalue weighted by molar-refractivity contribution is 5.66. The minimum absolute atomic E-state index is 0.286. The van der Waals surface area contributed by atoms with Gasteiger partial charge in [0, 0.05) is 6.54 Å². The minimum atomic E-state index is -0.286. The Kier molecular flexibility index (Phi) is 5.97. The Bertz CT molecular complexity index is 697. The van der Waals surface area contributed by atoms with E-state index in [-0.39, 0.29) is 5.82 Å². The Balaban J connectivity index is 1.75. The Morgan fingerprint density at radius 3 is 2.22 bits per heavy atom. The highest BCUT2D eigenvalue weighted by Gasteiger charge is 2.06. The number of nitriles is 2. The largest absolute Gasteiger partial charge is 0.494 e. The number of rotatable bonds is 7. The maximum Gasteiger partial charge on any atom is 0.123 e. The van der Waals surface area contributed by atoms with Gasteiger partial charge in [-0.3, -0.25) is 0 Å². The van der Waals surface area contributed by atoms with Crippen molar-refractivity contribution in [3.8, 4) is 17.9 Å². The van der Waals surface area contributed by atoms with Crippen LogP contribution < -0.4 is 10.1 Å². The number of nitrogens with zero attached hydrogens (tertiary/aromatic N) is 2. The molecule has 0 aliphatic rings. The number of halogens is 1. The van der Waals surface area contributed by atoms with Crippen LogP contribution in [-0.2, 0) is 0 Å². The molecule has 23 heavy (non-hydrogen) atoms. The first-order valence-electron chi connectivity index (χ1n) is 7.30. The molecule has 2 aromatic rings. The van der Waals surface area contributed by atoms with E-state index in [0.29, 0.717) is 35.7 Å². The standard InChI is InChI=1S/C18H16FN3O/c19-16-6-8-17(9-7-16)23-11-2-1-10-22-18-14(12-20)4-3-5-15(18)13-21/h3-9,22H,1-2,10-11H2. The quantitative estimate of drug-likeness (QED) is 0.789. The number of para-hydroxylation sites is 1. The van der Waals surface area contributed by atoms with Crippen LogP contribution in [0.1, 0.15) is 24.0 Å². The second-order valence-electron chi connectivity index (χ2n) is 4.89. The molecule has 0 saturated carbocycles. The Morgan fingerprint density at radius 1 is 0.957 bits per heavy atom. The number of benzene rings is 2. The molecule has 0 radical (unpaired) electrons. The topological polar surface area (TPSA) is 68.8 Å². The summed E-state index contributed by atoms with van der Waals surface area (Å²) in [7, 11) is 0. The van der Waals surface area contributed by atoms with Gasteiger partial charge in [0.05, 0.1) is 23.4 Å². The van der Waals surface area contributed by atoms with Gasteiger partial charge in [0.1, 0.15) is 23.7 Å². The summed E-state index contributed by atoms with van der Waals surface area (Å²) in [5, 5.41) is 21.3. The number of nitrogens with one attached hydrogen (secondary N) is 1. The third-order valence-electron chi connectivity index (χ3n) is 3.26. The molecule has 5 heteroatoms. The molecule has 0 amide bonds. The van der Waals surface area contributed by atoms with Crippen LogP contribution in [0.4, 0.5) is 10.1 Å². The van der Waals surface area contributed by atoms with Crippen LogP contribution >= 0.6 is 0 Å². The smallest absolute Gasteiger partial charge is 0.123 e. The van der Waals surface area contributed by atoms with E-state index in [4.69, 9.17) is 15.3 Å². The van der Waals surface area contributed by atoms with Crippen LogP contribution in [0.25, 0.3) is 0 Å². The summed E-state index contributed by atoms with van der Waals surface area (Å²) in [6.07, 6.45) is 1.63. The summed E-state index contributed by atoms with van der Waals surface area (Å²) in [4.78, 5) is 0. The summed E-state index contributed by atoms with van der Waals surface area (Å²) in [6.45, 7) is 1.17. The van der Waals surface area contributed by atoms with Crippen molar-refractivity contribution in [1.29, 1.82) is 10.5 Å². The van der Waals surface area contributed by atoms with Crippen LogP contribution in [0.15, 0.2) is 42.5 Å². The van der Waals surface area contributed by atoms with E-state index >= 15 is 0 Å². The molecule has 1 N–H and O–H groups in total. The van der Waals surface area contributed by atoms with Crippen molar-refractivity contribution >= 4 is 5.69 Å².